The van der Waals surface area contributed by atoms with Crippen LogP contribution >= 0.6 is 22.6 Å². The Kier molecular flexibility index (Phi) is 1.96. The first kappa shape index (κ1) is 7.91. The van der Waals surface area contributed by atoms with Gasteiger partial charge in [0.15, 0.2) is 0 Å². The van der Waals surface area contributed by atoms with E-state index in [9.17, 15) is 0 Å². The Balaban J connectivity index is 2.84. The summed E-state index contributed by atoms with van der Waals surface area (Å²) < 4.78 is 1.24. The molecule has 0 unspecified atom stereocenters. The van der Waals surface area contributed by atoms with Crippen LogP contribution in [0.5, 0.6) is 0 Å². The van der Waals surface area contributed by atoms with Crippen LogP contribution in [0.25, 0.3) is 11.0 Å². The van der Waals surface area contributed by atoms with Crippen molar-refractivity contribution in [3.63, 3.8) is 0 Å². The maximum absolute atomic E-state index is 4.22. The van der Waals surface area contributed by atoms with E-state index in [0.717, 1.165) is 11.0 Å². The molecule has 0 bridgehead atoms. The highest BCUT2D eigenvalue weighted by Crippen LogP contribution is 2.17. The highest BCUT2D eigenvalue weighted by atomic mass is 127. The quantitative estimate of drug-likeness (QED) is 0.687. The van der Waals surface area contributed by atoms with Gasteiger partial charge >= 0.3 is 0 Å². The van der Waals surface area contributed by atoms with Crippen LogP contribution in [-0.4, -0.2) is 9.97 Å². The lowest BCUT2D eigenvalue weighted by Gasteiger charge is -1.99. The molecule has 2 aromatic rings. The Hall–Kier alpha value is -0.710. The molecule has 0 radical (unpaired) electrons. The molecule has 12 heavy (non-hydrogen) atoms. The lowest BCUT2D eigenvalue weighted by atomic mass is 10.2. The Labute approximate surface area is 84.2 Å². The molecule has 0 aliphatic rings. The Morgan fingerprint density at radius 3 is 2.33 bits per heavy atom. The Morgan fingerprint density at radius 1 is 1.08 bits per heavy atom. The molecule has 0 saturated heterocycles. The number of hydrogen-bond donors (Lipinski definition) is 0. The minimum Gasteiger partial charge on any atom is -0.253 e. The van der Waals surface area contributed by atoms with Crippen molar-refractivity contribution in [1.29, 1.82) is 0 Å². The van der Waals surface area contributed by atoms with Crippen LogP contribution in [0.1, 0.15) is 5.56 Å². The average molecular weight is 270 g/mol. The fraction of sp³-hybridized carbons (Fsp3) is 0.111. The van der Waals surface area contributed by atoms with Crippen molar-refractivity contribution in [3.8, 4) is 0 Å². The number of nitrogens with zero attached hydrogens (tertiary/aromatic N) is 2. The van der Waals surface area contributed by atoms with Crippen molar-refractivity contribution < 1.29 is 0 Å². The van der Waals surface area contributed by atoms with E-state index in [1.807, 2.05) is 0 Å². The standard InChI is InChI=1S/C9H7IN2/c1-6-4-8-9(5-7(6)10)12-3-2-11-8/h2-5H,1H3. The number of hydrogen-bond acceptors (Lipinski definition) is 2. The molecule has 1 heterocycles. The van der Waals surface area contributed by atoms with Crippen LogP contribution in [0.15, 0.2) is 24.5 Å². The molecule has 60 valence electrons. The lowest BCUT2D eigenvalue weighted by Crippen LogP contribution is -1.86. The van der Waals surface area contributed by atoms with Gasteiger partial charge in [-0.3, -0.25) is 9.97 Å². The normalized spacial score (nSPS) is 10.5. The van der Waals surface area contributed by atoms with Crippen LogP contribution in [0.2, 0.25) is 0 Å². The summed E-state index contributed by atoms with van der Waals surface area (Å²) in [6, 6.07) is 4.11. The zero-order valence-electron chi connectivity index (χ0n) is 6.58. The molecular weight excluding hydrogens is 263 g/mol. The van der Waals surface area contributed by atoms with E-state index in [2.05, 4.69) is 51.6 Å². The van der Waals surface area contributed by atoms with Crippen molar-refractivity contribution in [2.75, 3.05) is 0 Å². The molecule has 0 saturated carbocycles. The summed E-state index contributed by atoms with van der Waals surface area (Å²) >= 11 is 2.30. The number of benzene rings is 1. The summed E-state index contributed by atoms with van der Waals surface area (Å²) in [5, 5.41) is 0. The van der Waals surface area contributed by atoms with Gasteiger partial charge in [0.25, 0.3) is 0 Å². The summed E-state index contributed by atoms with van der Waals surface area (Å²) in [5.41, 5.74) is 3.19. The van der Waals surface area contributed by atoms with Crippen LogP contribution in [-0.2, 0) is 0 Å². The molecule has 1 aromatic heterocycles. The van der Waals surface area contributed by atoms with Crippen molar-refractivity contribution in [1.82, 2.24) is 9.97 Å². The van der Waals surface area contributed by atoms with Crippen molar-refractivity contribution in [3.05, 3.63) is 33.7 Å². The second-order valence-electron chi connectivity index (χ2n) is 2.65. The Bertz CT molecular complexity index is 385. The molecule has 0 aliphatic carbocycles. The van der Waals surface area contributed by atoms with Crippen LogP contribution in [0, 0.1) is 10.5 Å². The van der Waals surface area contributed by atoms with Gasteiger partial charge in [-0.25, -0.2) is 0 Å². The van der Waals surface area contributed by atoms with E-state index < -0.39 is 0 Å². The van der Waals surface area contributed by atoms with E-state index in [0.29, 0.717) is 0 Å². The first-order chi connectivity index (χ1) is 5.77. The number of fused-ring (bicyclic) bond motifs is 1. The van der Waals surface area contributed by atoms with Gasteiger partial charge in [0.2, 0.25) is 0 Å². The van der Waals surface area contributed by atoms with Gasteiger partial charge < -0.3 is 0 Å². The molecule has 0 fully saturated rings. The largest absolute Gasteiger partial charge is 0.253 e. The zero-order valence-corrected chi connectivity index (χ0v) is 8.74. The second-order valence-corrected chi connectivity index (χ2v) is 3.81. The van der Waals surface area contributed by atoms with Crippen LogP contribution in [0.3, 0.4) is 0 Å². The van der Waals surface area contributed by atoms with E-state index in [4.69, 9.17) is 0 Å². The second kappa shape index (κ2) is 2.97. The lowest BCUT2D eigenvalue weighted by molar-refractivity contribution is 1.28. The fourth-order valence-electron chi connectivity index (χ4n) is 1.09. The monoisotopic (exact) mass is 270 g/mol. The van der Waals surface area contributed by atoms with E-state index in [1.54, 1.807) is 12.4 Å². The number of aryl methyl sites for hydroxylation is 1. The summed E-state index contributed by atoms with van der Waals surface area (Å²) in [5.74, 6) is 0. The molecule has 0 N–H and O–H groups in total. The summed E-state index contributed by atoms with van der Waals surface area (Å²) in [7, 11) is 0. The summed E-state index contributed by atoms with van der Waals surface area (Å²) in [6.45, 7) is 2.08. The minimum atomic E-state index is 0.965. The first-order valence-electron chi connectivity index (χ1n) is 3.64. The summed E-state index contributed by atoms with van der Waals surface area (Å²) in [4.78, 5) is 8.43. The van der Waals surface area contributed by atoms with Crippen molar-refractivity contribution >= 4 is 33.6 Å². The zero-order chi connectivity index (χ0) is 8.55. The van der Waals surface area contributed by atoms with E-state index >= 15 is 0 Å². The van der Waals surface area contributed by atoms with Gasteiger partial charge in [0.1, 0.15) is 0 Å². The highest BCUT2D eigenvalue weighted by molar-refractivity contribution is 14.1. The summed E-state index contributed by atoms with van der Waals surface area (Å²) in [6.07, 6.45) is 3.43. The number of aromatic nitrogens is 2. The van der Waals surface area contributed by atoms with Crippen LogP contribution < -0.4 is 0 Å². The van der Waals surface area contributed by atoms with E-state index in [1.165, 1.54) is 9.13 Å². The van der Waals surface area contributed by atoms with Crippen molar-refractivity contribution in [2.45, 2.75) is 6.92 Å². The van der Waals surface area contributed by atoms with E-state index in [-0.39, 0.29) is 0 Å². The fourth-order valence-corrected chi connectivity index (χ4v) is 1.54. The average Bonchev–Trinajstić information content (AvgIpc) is 2.07. The smallest absolute Gasteiger partial charge is 0.0897 e. The highest BCUT2D eigenvalue weighted by Gasteiger charge is 1.98. The molecule has 0 atom stereocenters. The van der Waals surface area contributed by atoms with Gasteiger partial charge in [-0.2, -0.15) is 0 Å². The number of rotatable bonds is 0. The molecule has 2 rings (SSSR count). The SMILES string of the molecule is Cc1cc2nccnc2cc1I. The van der Waals surface area contributed by atoms with Gasteiger partial charge in [-0.15, -0.1) is 0 Å². The number of halogens is 1. The maximum atomic E-state index is 4.22. The van der Waals surface area contributed by atoms with Crippen molar-refractivity contribution in [2.24, 2.45) is 0 Å². The third-order valence-corrected chi connectivity index (χ3v) is 2.91. The predicted octanol–water partition coefficient (Wildman–Crippen LogP) is 2.54. The molecular formula is C9H7IN2. The third kappa shape index (κ3) is 1.29. The molecule has 0 amide bonds. The minimum absolute atomic E-state index is 0.965. The Morgan fingerprint density at radius 2 is 1.67 bits per heavy atom. The first-order valence-corrected chi connectivity index (χ1v) is 4.72. The molecule has 0 aliphatic heterocycles. The van der Waals surface area contributed by atoms with Crippen LogP contribution in [0.4, 0.5) is 0 Å². The van der Waals surface area contributed by atoms with Gasteiger partial charge in [0, 0.05) is 16.0 Å². The molecule has 2 nitrogen and oxygen atoms in total. The van der Waals surface area contributed by atoms with Gasteiger partial charge in [-0.05, 0) is 47.2 Å². The van der Waals surface area contributed by atoms with Gasteiger partial charge in [-0.1, -0.05) is 0 Å². The van der Waals surface area contributed by atoms with Gasteiger partial charge in [0.05, 0.1) is 11.0 Å². The molecule has 0 spiro atoms. The topological polar surface area (TPSA) is 25.8 Å². The maximum Gasteiger partial charge on any atom is 0.0897 e. The molecule has 1 aromatic carbocycles. The predicted molar refractivity (Wildman–Crippen MR) is 57.0 cm³/mol. The third-order valence-electron chi connectivity index (χ3n) is 1.75. The molecule has 3 heteroatoms.